The van der Waals surface area contributed by atoms with E-state index in [4.69, 9.17) is 44.3 Å². The first kappa shape index (κ1) is 27.0. The molecule has 0 radical (unpaired) electrons. The van der Waals surface area contributed by atoms with Gasteiger partial charge in [-0.3, -0.25) is 4.79 Å². The Morgan fingerprint density at radius 1 is 0.886 bits per heavy atom. The average Bonchev–Trinajstić information content (AvgIpc) is 2.79. The highest BCUT2D eigenvalue weighted by atomic mass is 35.5. The van der Waals surface area contributed by atoms with Crippen molar-refractivity contribution in [3.05, 3.63) is 80.8 Å². The molecule has 3 aromatic rings. The summed E-state index contributed by atoms with van der Waals surface area (Å²) in [6.45, 7) is 7.04. The van der Waals surface area contributed by atoms with Gasteiger partial charge >= 0.3 is 0 Å². The SMILES string of the molecule is CCOc1cc(CNc2cccc(NC(=O)CC(C)C)c2)c(Cl)cc1OCc1c(Cl)cccc1Cl. The molecule has 0 aliphatic heterocycles. The molecule has 0 aliphatic rings. The maximum atomic E-state index is 12.1. The van der Waals surface area contributed by atoms with E-state index in [0.717, 1.165) is 16.9 Å². The van der Waals surface area contributed by atoms with Crippen molar-refractivity contribution in [2.45, 2.75) is 40.3 Å². The molecule has 0 bridgehead atoms. The van der Waals surface area contributed by atoms with E-state index in [1.54, 1.807) is 24.3 Å². The lowest BCUT2D eigenvalue weighted by molar-refractivity contribution is -0.116. The van der Waals surface area contributed by atoms with Crippen molar-refractivity contribution in [3.8, 4) is 11.5 Å². The second kappa shape index (κ2) is 12.9. The highest BCUT2D eigenvalue weighted by molar-refractivity contribution is 6.36. The van der Waals surface area contributed by atoms with Crippen LogP contribution in [0.3, 0.4) is 0 Å². The first-order chi connectivity index (χ1) is 16.8. The summed E-state index contributed by atoms with van der Waals surface area (Å²) in [6, 6.07) is 16.5. The molecule has 0 aliphatic carbocycles. The van der Waals surface area contributed by atoms with Gasteiger partial charge in [-0.1, -0.05) is 60.8 Å². The maximum absolute atomic E-state index is 12.1. The molecule has 186 valence electrons. The summed E-state index contributed by atoms with van der Waals surface area (Å²) in [6.07, 6.45) is 0.477. The molecule has 0 spiro atoms. The van der Waals surface area contributed by atoms with Crippen LogP contribution in [0.2, 0.25) is 15.1 Å². The van der Waals surface area contributed by atoms with Gasteiger partial charge in [-0.05, 0) is 54.8 Å². The van der Waals surface area contributed by atoms with Crippen LogP contribution in [0.1, 0.15) is 38.3 Å². The summed E-state index contributed by atoms with van der Waals surface area (Å²) in [5.41, 5.74) is 3.13. The van der Waals surface area contributed by atoms with Crippen LogP contribution >= 0.6 is 34.8 Å². The fraction of sp³-hybridized carbons (Fsp3) is 0.296. The Morgan fingerprint density at radius 3 is 2.23 bits per heavy atom. The molecule has 3 rings (SSSR count). The van der Waals surface area contributed by atoms with Crippen LogP contribution in [0.25, 0.3) is 0 Å². The van der Waals surface area contributed by atoms with Gasteiger partial charge < -0.3 is 20.1 Å². The van der Waals surface area contributed by atoms with Crippen LogP contribution in [0.15, 0.2) is 54.6 Å². The lowest BCUT2D eigenvalue weighted by atomic mass is 10.1. The minimum Gasteiger partial charge on any atom is -0.490 e. The molecule has 0 heterocycles. The van der Waals surface area contributed by atoms with Crippen molar-refractivity contribution in [2.24, 2.45) is 5.92 Å². The minimum absolute atomic E-state index is 0.00443. The fourth-order valence-corrected chi connectivity index (χ4v) is 4.13. The van der Waals surface area contributed by atoms with E-state index in [2.05, 4.69) is 10.6 Å². The Balaban J connectivity index is 1.71. The summed E-state index contributed by atoms with van der Waals surface area (Å²) in [7, 11) is 0. The quantitative estimate of drug-likeness (QED) is 0.260. The van der Waals surface area contributed by atoms with Gasteiger partial charge in [0.1, 0.15) is 6.61 Å². The van der Waals surface area contributed by atoms with E-state index in [0.29, 0.717) is 57.6 Å². The number of halogens is 3. The third kappa shape index (κ3) is 7.96. The number of carbonyl (C=O) groups excluding carboxylic acids is 1. The van der Waals surface area contributed by atoms with Crippen LogP contribution in [-0.4, -0.2) is 12.5 Å². The Morgan fingerprint density at radius 2 is 1.54 bits per heavy atom. The van der Waals surface area contributed by atoms with E-state index < -0.39 is 0 Å². The van der Waals surface area contributed by atoms with Crippen molar-refractivity contribution >= 4 is 52.1 Å². The smallest absolute Gasteiger partial charge is 0.224 e. The first-order valence-electron chi connectivity index (χ1n) is 11.4. The average molecular weight is 536 g/mol. The summed E-state index contributed by atoms with van der Waals surface area (Å²) in [5, 5.41) is 7.88. The molecule has 3 aromatic carbocycles. The van der Waals surface area contributed by atoms with E-state index in [1.165, 1.54) is 0 Å². The molecule has 0 fully saturated rings. The number of ether oxygens (including phenoxy) is 2. The Hall–Kier alpha value is -2.60. The Labute approximate surface area is 221 Å². The van der Waals surface area contributed by atoms with Crippen molar-refractivity contribution in [2.75, 3.05) is 17.2 Å². The molecule has 0 atom stereocenters. The summed E-state index contributed by atoms with van der Waals surface area (Å²) in [4.78, 5) is 12.1. The van der Waals surface area contributed by atoms with Crippen LogP contribution < -0.4 is 20.1 Å². The predicted molar refractivity (Wildman–Crippen MR) is 145 cm³/mol. The van der Waals surface area contributed by atoms with Crippen molar-refractivity contribution in [1.82, 2.24) is 0 Å². The fourth-order valence-electron chi connectivity index (χ4n) is 3.40. The normalized spacial score (nSPS) is 10.8. The van der Waals surface area contributed by atoms with E-state index >= 15 is 0 Å². The van der Waals surface area contributed by atoms with Gasteiger partial charge in [-0.2, -0.15) is 0 Å². The van der Waals surface area contributed by atoms with Gasteiger partial charge in [0.2, 0.25) is 5.91 Å². The second-order valence-corrected chi connectivity index (χ2v) is 9.61. The zero-order chi connectivity index (χ0) is 25.4. The predicted octanol–water partition coefficient (Wildman–Crippen LogP) is 8.22. The standard InChI is InChI=1S/C27H29Cl3N2O3/c1-4-34-25-12-18(15-31-19-7-5-8-20(13-19)32-27(33)11-17(2)3)24(30)14-26(25)35-16-21-22(28)9-6-10-23(21)29/h5-10,12-14,17,31H,4,11,15-16H2,1-3H3,(H,32,33). The highest BCUT2D eigenvalue weighted by Gasteiger charge is 2.14. The lowest BCUT2D eigenvalue weighted by Gasteiger charge is -2.16. The number of amides is 1. The van der Waals surface area contributed by atoms with E-state index in [-0.39, 0.29) is 12.5 Å². The molecule has 0 aromatic heterocycles. The van der Waals surface area contributed by atoms with Crippen molar-refractivity contribution < 1.29 is 14.3 Å². The summed E-state index contributed by atoms with van der Waals surface area (Å²) < 4.78 is 11.8. The topological polar surface area (TPSA) is 59.6 Å². The molecule has 0 unspecified atom stereocenters. The number of rotatable bonds is 11. The first-order valence-corrected chi connectivity index (χ1v) is 12.5. The van der Waals surface area contributed by atoms with Gasteiger partial charge in [0.15, 0.2) is 11.5 Å². The van der Waals surface area contributed by atoms with Crippen LogP contribution in [0.4, 0.5) is 11.4 Å². The van der Waals surface area contributed by atoms with Crippen LogP contribution in [-0.2, 0) is 17.9 Å². The summed E-state index contributed by atoms with van der Waals surface area (Å²) >= 11 is 19.1. The Bertz CT molecular complexity index is 1150. The van der Waals surface area contributed by atoms with Gasteiger partial charge in [0, 0.05) is 51.0 Å². The molecule has 5 nitrogen and oxygen atoms in total. The van der Waals surface area contributed by atoms with E-state index in [9.17, 15) is 4.79 Å². The molecular weight excluding hydrogens is 507 g/mol. The Kier molecular flexibility index (Phi) is 9.96. The molecule has 2 N–H and O–H groups in total. The van der Waals surface area contributed by atoms with Gasteiger partial charge in [-0.15, -0.1) is 0 Å². The number of hydrogen-bond donors (Lipinski definition) is 2. The maximum Gasteiger partial charge on any atom is 0.224 e. The van der Waals surface area contributed by atoms with Gasteiger partial charge in [0.05, 0.1) is 6.61 Å². The lowest BCUT2D eigenvalue weighted by Crippen LogP contribution is -2.14. The monoisotopic (exact) mass is 534 g/mol. The zero-order valence-electron chi connectivity index (χ0n) is 20.0. The van der Waals surface area contributed by atoms with Gasteiger partial charge in [-0.25, -0.2) is 0 Å². The zero-order valence-corrected chi connectivity index (χ0v) is 22.2. The van der Waals surface area contributed by atoms with Crippen molar-refractivity contribution in [3.63, 3.8) is 0 Å². The van der Waals surface area contributed by atoms with Crippen molar-refractivity contribution in [1.29, 1.82) is 0 Å². The van der Waals surface area contributed by atoms with Crippen LogP contribution in [0, 0.1) is 5.92 Å². The second-order valence-electron chi connectivity index (χ2n) is 8.39. The molecule has 0 saturated heterocycles. The number of carbonyl (C=O) groups is 1. The number of anilines is 2. The molecule has 1 amide bonds. The molecule has 0 saturated carbocycles. The molecule has 35 heavy (non-hydrogen) atoms. The number of nitrogens with one attached hydrogen (secondary N) is 2. The van der Waals surface area contributed by atoms with E-state index in [1.807, 2.05) is 51.1 Å². The minimum atomic E-state index is -0.00443. The highest BCUT2D eigenvalue weighted by Crippen LogP contribution is 2.36. The third-order valence-electron chi connectivity index (χ3n) is 5.07. The largest absolute Gasteiger partial charge is 0.490 e. The van der Waals surface area contributed by atoms with Crippen LogP contribution in [0.5, 0.6) is 11.5 Å². The van der Waals surface area contributed by atoms with Gasteiger partial charge in [0.25, 0.3) is 0 Å². The third-order valence-corrected chi connectivity index (χ3v) is 6.13. The molecule has 8 heteroatoms. The number of benzene rings is 3. The summed E-state index contributed by atoms with van der Waals surface area (Å²) in [5.74, 6) is 1.37. The number of hydrogen-bond acceptors (Lipinski definition) is 4. The molecular formula is C27H29Cl3N2O3.